The van der Waals surface area contributed by atoms with Crippen molar-refractivity contribution < 1.29 is 28.5 Å². The molecule has 0 spiro atoms. The van der Waals surface area contributed by atoms with Gasteiger partial charge in [-0.3, -0.25) is 0 Å². The maximum absolute atomic E-state index is 12.0. The van der Waals surface area contributed by atoms with Crippen LogP contribution in [0.4, 0.5) is 0 Å². The Labute approximate surface area is 165 Å². The van der Waals surface area contributed by atoms with E-state index in [4.69, 9.17) is 23.7 Å². The number of cyclic esters (lactones) is 1. The predicted octanol–water partition coefficient (Wildman–Crippen LogP) is 3.89. The Balaban J connectivity index is 1.45. The number of methoxy groups -OCH3 is 2. The molecule has 0 bridgehead atoms. The van der Waals surface area contributed by atoms with Crippen LogP contribution in [0.25, 0.3) is 0 Å². The van der Waals surface area contributed by atoms with E-state index in [-0.39, 0.29) is 12.8 Å². The molecule has 2 aromatic carbocycles. The molecule has 0 radical (unpaired) electrons. The second kappa shape index (κ2) is 10.1. The van der Waals surface area contributed by atoms with Crippen molar-refractivity contribution in [2.75, 3.05) is 27.6 Å². The van der Waals surface area contributed by atoms with Gasteiger partial charge in [-0.15, -0.1) is 0 Å². The maximum Gasteiger partial charge on any atom is 0.342 e. The van der Waals surface area contributed by atoms with Crippen LogP contribution in [0.2, 0.25) is 0 Å². The Morgan fingerprint density at radius 3 is 2.61 bits per heavy atom. The maximum atomic E-state index is 12.0. The zero-order valence-electron chi connectivity index (χ0n) is 16.4. The van der Waals surface area contributed by atoms with Gasteiger partial charge in [0, 0.05) is 19.3 Å². The first-order valence-corrected chi connectivity index (χ1v) is 9.37. The fourth-order valence-electron chi connectivity index (χ4n) is 3.18. The standard InChI is InChI=1S/C22H26O6/c1-24-15-28-20-11-8-17(19-14-27-22(23)21(19)20)5-3-4-12-26-13-16-6-9-18(25-2)10-7-16/h6-11H,3-5,12-15H2,1-2H3. The second-order valence-corrected chi connectivity index (χ2v) is 6.56. The number of carbonyl (C=O) groups is 1. The van der Waals surface area contributed by atoms with E-state index in [1.54, 1.807) is 14.2 Å². The summed E-state index contributed by atoms with van der Waals surface area (Å²) < 4.78 is 26.5. The minimum Gasteiger partial charge on any atom is -0.497 e. The highest BCUT2D eigenvalue weighted by molar-refractivity contribution is 5.96. The molecule has 150 valence electrons. The van der Waals surface area contributed by atoms with E-state index in [1.165, 1.54) is 0 Å². The smallest absolute Gasteiger partial charge is 0.342 e. The molecular weight excluding hydrogens is 360 g/mol. The van der Waals surface area contributed by atoms with Gasteiger partial charge in [-0.05, 0) is 48.6 Å². The molecule has 0 atom stereocenters. The van der Waals surface area contributed by atoms with Gasteiger partial charge in [-0.1, -0.05) is 18.2 Å². The molecule has 0 aromatic heterocycles. The minimum absolute atomic E-state index is 0.102. The number of unbranched alkanes of at least 4 members (excludes halogenated alkanes) is 1. The van der Waals surface area contributed by atoms with E-state index >= 15 is 0 Å². The van der Waals surface area contributed by atoms with E-state index in [2.05, 4.69) is 0 Å². The Bertz CT molecular complexity index is 784. The van der Waals surface area contributed by atoms with Crippen LogP contribution >= 0.6 is 0 Å². The van der Waals surface area contributed by atoms with Crippen LogP contribution in [-0.4, -0.2) is 33.6 Å². The SMILES string of the molecule is COCOc1ccc(CCCCOCc2ccc(OC)cc2)c2c1C(=O)OC2. The van der Waals surface area contributed by atoms with Gasteiger partial charge in [-0.25, -0.2) is 4.79 Å². The van der Waals surface area contributed by atoms with Crippen molar-refractivity contribution in [2.24, 2.45) is 0 Å². The molecular formula is C22H26O6. The molecule has 1 aliphatic heterocycles. The van der Waals surface area contributed by atoms with E-state index in [0.717, 1.165) is 41.7 Å². The number of carbonyl (C=O) groups excluding carboxylic acids is 1. The number of hydrogen-bond donors (Lipinski definition) is 0. The zero-order valence-corrected chi connectivity index (χ0v) is 16.4. The monoisotopic (exact) mass is 386 g/mol. The summed E-state index contributed by atoms with van der Waals surface area (Å²) in [6.45, 7) is 1.69. The van der Waals surface area contributed by atoms with E-state index in [9.17, 15) is 4.79 Å². The van der Waals surface area contributed by atoms with Gasteiger partial charge < -0.3 is 23.7 Å². The van der Waals surface area contributed by atoms with Crippen molar-refractivity contribution >= 4 is 5.97 Å². The topological polar surface area (TPSA) is 63.2 Å². The van der Waals surface area contributed by atoms with Crippen LogP contribution in [-0.2, 0) is 33.8 Å². The lowest BCUT2D eigenvalue weighted by molar-refractivity contribution is 0.0460. The van der Waals surface area contributed by atoms with Gasteiger partial charge in [0.2, 0.25) is 0 Å². The van der Waals surface area contributed by atoms with Crippen molar-refractivity contribution in [3.63, 3.8) is 0 Å². The summed E-state index contributed by atoms with van der Waals surface area (Å²) in [7, 11) is 3.20. The Hall–Kier alpha value is -2.57. The summed E-state index contributed by atoms with van der Waals surface area (Å²) in [5.41, 5.74) is 3.71. The van der Waals surface area contributed by atoms with Crippen LogP contribution < -0.4 is 9.47 Å². The lowest BCUT2D eigenvalue weighted by Crippen LogP contribution is -2.06. The van der Waals surface area contributed by atoms with Crippen molar-refractivity contribution in [1.29, 1.82) is 0 Å². The number of hydrogen-bond acceptors (Lipinski definition) is 6. The van der Waals surface area contributed by atoms with Gasteiger partial charge in [0.05, 0.1) is 13.7 Å². The van der Waals surface area contributed by atoms with Crippen molar-refractivity contribution in [1.82, 2.24) is 0 Å². The Morgan fingerprint density at radius 1 is 1.04 bits per heavy atom. The van der Waals surface area contributed by atoms with E-state index in [1.807, 2.05) is 36.4 Å². The fraction of sp³-hybridized carbons (Fsp3) is 0.409. The third-order valence-electron chi connectivity index (χ3n) is 4.67. The van der Waals surface area contributed by atoms with Crippen molar-refractivity contribution in [3.05, 3.63) is 58.7 Å². The predicted molar refractivity (Wildman–Crippen MR) is 104 cm³/mol. The van der Waals surface area contributed by atoms with Crippen LogP contribution in [0.3, 0.4) is 0 Å². The fourth-order valence-corrected chi connectivity index (χ4v) is 3.18. The van der Waals surface area contributed by atoms with Crippen molar-refractivity contribution in [2.45, 2.75) is 32.5 Å². The van der Waals surface area contributed by atoms with Crippen LogP contribution in [0.1, 0.15) is 39.9 Å². The molecule has 0 saturated carbocycles. The molecule has 0 unspecified atom stereocenters. The molecule has 3 rings (SSSR count). The molecule has 1 aliphatic rings. The number of rotatable bonds is 11. The normalized spacial score (nSPS) is 12.6. The van der Waals surface area contributed by atoms with Gasteiger partial charge in [-0.2, -0.15) is 0 Å². The van der Waals surface area contributed by atoms with Crippen molar-refractivity contribution in [3.8, 4) is 11.5 Å². The molecule has 28 heavy (non-hydrogen) atoms. The average molecular weight is 386 g/mol. The Kier molecular flexibility index (Phi) is 7.28. The first-order chi connectivity index (χ1) is 13.7. The van der Waals surface area contributed by atoms with E-state index in [0.29, 0.717) is 31.1 Å². The molecule has 0 aliphatic carbocycles. The molecule has 0 fully saturated rings. The number of aryl methyl sites for hydroxylation is 1. The third kappa shape index (κ3) is 5.03. The second-order valence-electron chi connectivity index (χ2n) is 6.56. The summed E-state index contributed by atoms with van der Waals surface area (Å²) in [5.74, 6) is 1.04. The summed E-state index contributed by atoms with van der Waals surface area (Å²) in [6.07, 6.45) is 2.79. The lowest BCUT2D eigenvalue weighted by Gasteiger charge is -2.11. The molecule has 1 heterocycles. The summed E-state index contributed by atoms with van der Waals surface area (Å²) >= 11 is 0. The highest BCUT2D eigenvalue weighted by Gasteiger charge is 2.28. The number of benzene rings is 2. The highest BCUT2D eigenvalue weighted by atomic mass is 16.7. The number of fused-ring (bicyclic) bond motifs is 1. The molecule has 0 amide bonds. The average Bonchev–Trinajstić information content (AvgIpc) is 3.12. The molecule has 2 aromatic rings. The van der Waals surface area contributed by atoms with Gasteiger partial charge in [0.1, 0.15) is 23.7 Å². The van der Waals surface area contributed by atoms with E-state index < -0.39 is 0 Å². The first kappa shape index (κ1) is 20.2. The summed E-state index contributed by atoms with van der Waals surface area (Å²) in [5, 5.41) is 0. The summed E-state index contributed by atoms with van der Waals surface area (Å²) in [6, 6.07) is 11.7. The van der Waals surface area contributed by atoms with Crippen LogP contribution in [0, 0.1) is 0 Å². The summed E-state index contributed by atoms with van der Waals surface area (Å²) in [4.78, 5) is 12.0. The molecule has 6 heteroatoms. The lowest BCUT2D eigenvalue weighted by atomic mass is 9.98. The molecule has 6 nitrogen and oxygen atoms in total. The highest BCUT2D eigenvalue weighted by Crippen LogP contribution is 2.32. The van der Waals surface area contributed by atoms with Gasteiger partial charge in [0.25, 0.3) is 0 Å². The number of ether oxygens (including phenoxy) is 5. The van der Waals surface area contributed by atoms with Gasteiger partial charge in [0.15, 0.2) is 6.79 Å². The number of esters is 1. The Morgan fingerprint density at radius 2 is 1.86 bits per heavy atom. The third-order valence-corrected chi connectivity index (χ3v) is 4.67. The molecule has 0 saturated heterocycles. The largest absolute Gasteiger partial charge is 0.497 e. The van der Waals surface area contributed by atoms with Gasteiger partial charge >= 0.3 is 5.97 Å². The van der Waals surface area contributed by atoms with Crippen LogP contribution in [0.5, 0.6) is 11.5 Å². The zero-order chi connectivity index (χ0) is 19.8. The quantitative estimate of drug-likeness (QED) is 0.332. The minimum atomic E-state index is -0.328. The van der Waals surface area contributed by atoms with Crippen LogP contribution in [0.15, 0.2) is 36.4 Å². The molecule has 0 N–H and O–H groups in total. The first-order valence-electron chi connectivity index (χ1n) is 9.37.